The maximum Gasteiger partial charge on any atom is 0.262 e. The molecule has 152 valence electrons. The average molecular weight is 432 g/mol. The maximum absolute atomic E-state index is 13.0. The van der Waals surface area contributed by atoms with E-state index in [1.807, 2.05) is 0 Å². The van der Waals surface area contributed by atoms with Crippen LogP contribution in [0, 0.1) is 5.92 Å². The molecule has 1 aliphatic carbocycles. The van der Waals surface area contributed by atoms with Crippen LogP contribution in [0.25, 0.3) is 10.2 Å². The van der Waals surface area contributed by atoms with E-state index in [1.165, 1.54) is 40.0 Å². The van der Waals surface area contributed by atoms with Crippen LogP contribution in [-0.2, 0) is 34.0 Å². The van der Waals surface area contributed by atoms with Gasteiger partial charge in [-0.3, -0.25) is 14.2 Å². The fourth-order valence-corrected chi connectivity index (χ4v) is 5.59. The fourth-order valence-electron chi connectivity index (χ4n) is 3.62. The molecule has 0 radical (unpaired) electrons. The molecule has 2 aromatic heterocycles. The molecule has 1 N–H and O–H groups in total. The van der Waals surface area contributed by atoms with Gasteiger partial charge >= 0.3 is 0 Å². The summed E-state index contributed by atoms with van der Waals surface area (Å²) in [5, 5.41) is 3.33. The molecule has 0 spiro atoms. The van der Waals surface area contributed by atoms with Crippen LogP contribution < -0.4 is 10.9 Å². The number of nitrogens with one attached hydrogen (secondary N) is 1. The number of sulfone groups is 1. The highest BCUT2D eigenvalue weighted by Crippen LogP contribution is 2.35. The number of fused-ring (bicyclic) bond motifs is 3. The number of thiophene rings is 1. The molecule has 0 bridgehead atoms. The van der Waals surface area contributed by atoms with Crippen molar-refractivity contribution < 1.29 is 13.2 Å². The van der Waals surface area contributed by atoms with Gasteiger partial charge < -0.3 is 5.32 Å². The van der Waals surface area contributed by atoms with Gasteiger partial charge in [-0.2, -0.15) is 0 Å². The Hall–Kier alpha value is -2.52. The van der Waals surface area contributed by atoms with E-state index in [-0.39, 0.29) is 22.9 Å². The first-order valence-electron chi connectivity index (χ1n) is 9.32. The second-order valence-corrected chi connectivity index (χ2v) is 10.7. The Bertz CT molecular complexity index is 1260. The highest BCUT2D eigenvalue weighted by molar-refractivity contribution is 7.90. The van der Waals surface area contributed by atoms with Crippen LogP contribution in [0.2, 0.25) is 0 Å². The van der Waals surface area contributed by atoms with Gasteiger partial charge in [0, 0.05) is 16.8 Å². The summed E-state index contributed by atoms with van der Waals surface area (Å²) in [5.74, 6) is 0.232. The van der Waals surface area contributed by atoms with Crippen molar-refractivity contribution in [1.29, 1.82) is 0 Å². The number of aromatic nitrogens is 2. The zero-order valence-electron chi connectivity index (χ0n) is 16.1. The summed E-state index contributed by atoms with van der Waals surface area (Å²) in [6.45, 7) is 2.06. The van der Waals surface area contributed by atoms with E-state index in [1.54, 1.807) is 11.3 Å². The molecule has 1 amide bonds. The number of carbonyl (C=O) groups excluding carboxylic acids is 1. The van der Waals surface area contributed by atoms with E-state index in [0.29, 0.717) is 17.0 Å². The first-order valence-corrected chi connectivity index (χ1v) is 12.0. The van der Waals surface area contributed by atoms with Crippen LogP contribution in [-0.4, -0.2) is 30.1 Å². The van der Waals surface area contributed by atoms with E-state index in [2.05, 4.69) is 17.2 Å². The van der Waals surface area contributed by atoms with Crippen LogP contribution in [0.1, 0.15) is 23.8 Å². The van der Waals surface area contributed by atoms with Crippen molar-refractivity contribution in [2.24, 2.45) is 5.92 Å². The lowest BCUT2D eigenvalue weighted by Crippen LogP contribution is -2.28. The molecule has 1 atom stereocenters. The number of anilines is 1. The van der Waals surface area contributed by atoms with Gasteiger partial charge in [-0.05, 0) is 55.0 Å². The molecule has 9 heteroatoms. The molecule has 1 aliphatic rings. The summed E-state index contributed by atoms with van der Waals surface area (Å²) >= 11 is 1.58. The van der Waals surface area contributed by atoms with Crippen molar-refractivity contribution in [1.82, 2.24) is 9.55 Å². The molecule has 4 rings (SSSR count). The second-order valence-electron chi connectivity index (χ2n) is 7.55. The molecule has 7 nitrogen and oxygen atoms in total. The smallest absolute Gasteiger partial charge is 0.262 e. The Morgan fingerprint density at radius 3 is 2.72 bits per heavy atom. The lowest BCUT2D eigenvalue weighted by atomic mass is 9.89. The third-order valence-electron chi connectivity index (χ3n) is 5.16. The number of amides is 1. The predicted molar refractivity (Wildman–Crippen MR) is 113 cm³/mol. The topological polar surface area (TPSA) is 98.1 Å². The van der Waals surface area contributed by atoms with Gasteiger partial charge in [0.2, 0.25) is 5.91 Å². The van der Waals surface area contributed by atoms with Gasteiger partial charge in [0.1, 0.15) is 11.4 Å². The van der Waals surface area contributed by atoms with Gasteiger partial charge in [-0.1, -0.05) is 6.92 Å². The van der Waals surface area contributed by atoms with Crippen molar-refractivity contribution >= 4 is 43.0 Å². The number of aryl methyl sites for hydroxylation is 1. The Kier molecular flexibility index (Phi) is 5.04. The van der Waals surface area contributed by atoms with E-state index in [9.17, 15) is 18.0 Å². The highest BCUT2D eigenvalue weighted by atomic mass is 32.2. The van der Waals surface area contributed by atoms with Crippen LogP contribution in [0.5, 0.6) is 0 Å². The van der Waals surface area contributed by atoms with Gasteiger partial charge in [0.15, 0.2) is 9.84 Å². The Morgan fingerprint density at radius 1 is 1.31 bits per heavy atom. The van der Waals surface area contributed by atoms with Gasteiger partial charge in [0.05, 0.1) is 16.6 Å². The van der Waals surface area contributed by atoms with E-state index < -0.39 is 9.84 Å². The minimum absolute atomic E-state index is 0.156. The highest BCUT2D eigenvalue weighted by Gasteiger charge is 2.23. The summed E-state index contributed by atoms with van der Waals surface area (Å²) in [5.41, 5.74) is 1.36. The summed E-state index contributed by atoms with van der Waals surface area (Å²) in [7, 11) is -3.29. The zero-order chi connectivity index (χ0) is 20.8. The lowest BCUT2D eigenvalue weighted by molar-refractivity contribution is -0.116. The SMILES string of the molecule is CC1CCc2c(sc3ncn(CC(=O)Nc4ccc(S(C)(=O)=O)cc4)c(=O)c23)C1. The number of carbonyl (C=O) groups is 1. The minimum Gasteiger partial charge on any atom is -0.325 e. The first-order chi connectivity index (χ1) is 13.7. The second kappa shape index (κ2) is 7.38. The maximum atomic E-state index is 13.0. The molecule has 0 aliphatic heterocycles. The third kappa shape index (κ3) is 3.97. The molecule has 0 saturated carbocycles. The van der Waals surface area contributed by atoms with Gasteiger partial charge in [-0.25, -0.2) is 13.4 Å². The van der Waals surface area contributed by atoms with Crippen molar-refractivity contribution in [3.63, 3.8) is 0 Å². The minimum atomic E-state index is -3.29. The van der Waals surface area contributed by atoms with Crippen molar-refractivity contribution in [2.45, 2.75) is 37.6 Å². The number of hydrogen-bond donors (Lipinski definition) is 1. The standard InChI is InChI=1S/C20H21N3O4S2/c1-12-3-8-15-16(9-12)28-19-18(15)20(25)23(11-21-19)10-17(24)22-13-4-6-14(7-5-13)29(2,26)27/h4-7,11-12H,3,8-10H2,1-2H3,(H,22,24). The van der Waals surface area contributed by atoms with E-state index in [0.717, 1.165) is 35.9 Å². The predicted octanol–water partition coefficient (Wildman–Crippen LogP) is 2.63. The molecule has 3 aromatic rings. The van der Waals surface area contributed by atoms with Crippen molar-refractivity contribution in [3.05, 3.63) is 51.4 Å². The number of benzene rings is 1. The molecule has 1 aromatic carbocycles. The Morgan fingerprint density at radius 2 is 2.03 bits per heavy atom. The molecule has 1 unspecified atom stereocenters. The average Bonchev–Trinajstić information content (AvgIpc) is 3.02. The molecule has 29 heavy (non-hydrogen) atoms. The van der Waals surface area contributed by atoms with E-state index in [4.69, 9.17) is 0 Å². The van der Waals surface area contributed by atoms with Crippen LogP contribution >= 0.6 is 11.3 Å². The summed E-state index contributed by atoms with van der Waals surface area (Å²) < 4.78 is 24.4. The summed E-state index contributed by atoms with van der Waals surface area (Å²) in [6, 6.07) is 5.91. The normalized spacial score (nSPS) is 16.6. The Balaban J connectivity index is 1.55. The van der Waals surface area contributed by atoms with Gasteiger partial charge in [-0.15, -0.1) is 11.3 Å². The summed E-state index contributed by atoms with van der Waals surface area (Å²) in [4.78, 5) is 31.9. The fraction of sp³-hybridized carbons (Fsp3) is 0.350. The van der Waals surface area contributed by atoms with E-state index >= 15 is 0 Å². The number of rotatable bonds is 4. The Labute approximate surface area is 172 Å². The lowest BCUT2D eigenvalue weighted by Gasteiger charge is -2.17. The molecule has 0 fully saturated rings. The summed E-state index contributed by atoms with van der Waals surface area (Å²) in [6.07, 6.45) is 5.44. The molecular formula is C20H21N3O4S2. The monoisotopic (exact) mass is 431 g/mol. The van der Waals surface area contributed by atoms with Crippen LogP contribution in [0.15, 0.2) is 40.3 Å². The molecule has 0 saturated heterocycles. The molecule has 2 heterocycles. The van der Waals surface area contributed by atoms with Crippen LogP contribution in [0.3, 0.4) is 0 Å². The van der Waals surface area contributed by atoms with Crippen molar-refractivity contribution in [2.75, 3.05) is 11.6 Å². The molecular weight excluding hydrogens is 410 g/mol. The van der Waals surface area contributed by atoms with Crippen molar-refractivity contribution in [3.8, 4) is 0 Å². The van der Waals surface area contributed by atoms with Gasteiger partial charge in [0.25, 0.3) is 5.56 Å². The largest absolute Gasteiger partial charge is 0.325 e. The number of hydrogen-bond acceptors (Lipinski definition) is 6. The van der Waals surface area contributed by atoms with Crippen LogP contribution in [0.4, 0.5) is 5.69 Å². The quantitative estimate of drug-likeness (QED) is 0.685. The zero-order valence-corrected chi connectivity index (χ0v) is 17.8. The third-order valence-corrected chi connectivity index (χ3v) is 7.45. The first kappa shape index (κ1) is 19.8. The number of nitrogens with zero attached hydrogens (tertiary/aromatic N) is 2.